The van der Waals surface area contributed by atoms with Gasteiger partial charge in [0.25, 0.3) is 0 Å². The number of nitrogens with one attached hydrogen (secondary N) is 1. The van der Waals surface area contributed by atoms with Crippen molar-refractivity contribution in [3.8, 4) is 5.75 Å². The number of thiophene rings is 1. The molecule has 32 heavy (non-hydrogen) atoms. The first-order chi connectivity index (χ1) is 15.7. The predicted molar refractivity (Wildman–Crippen MR) is 124 cm³/mol. The van der Waals surface area contributed by atoms with Gasteiger partial charge >= 0.3 is 0 Å². The van der Waals surface area contributed by atoms with E-state index in [-0.39, 0.29) is 5.91 Å². The van der Waals surface area contributed by atoms with Crippen LogP contribution < -0.4 is 9.64 Å². The molecule has 9 nitrogen and oxygen atoms in total. The molecule has 1 fully saturated rings. The van der Waals surface area contributed by atoms with Crippen molar-refractivity contribution in [2.45, 2.75) is 26.2 Å². The molecule has 0 aliphatic carbocycles. The second-order valence-corrected chi connectivity index (χ2v) is 8.88. The largest absolute Gasteiger partial charge is 0.491 e. The number of rotatable bonds is 7. The maximum Gasteiger partial charge on any atom is 0.222 e. The van der Waals surface area contributed by atoms with Crippen molar-refractivity contribution in [1.82, 2.24) is 30.3 Å². The number of anilines is 1. The van der Waals surface area contributed by atoms with Gasteiger partial charge in [-0.2, -0.15) is 0 Å². The van der Waals surface area contributed by atoms with Crippen molar-refractivity contribution in [3.63, 3.8) is 0 Å². The van der Waals surface area contributed by atoms with E-state index in [1.54, 1.807) is 17.7 Å². The van der Waals surface area contributed by atoms with E-state index in [2.05, 4.69) is 43.3 Å². The van der Waals surface area contributed by atoms with Crippen LogP contribution in [0.1, 0.15) is 24.6 Å². The van der Waals surface area contributed by atoms with Gasteiger partial charge < -0.3 is 14.5 Å². The molecule has 0 bridgehead atoms. The fourth-order valence-electron chi connectivity index (χ4n) is 4.01. The lowest BCUT2D eigenvalue weighted by Gasteiger charge is -2.35. The highest BCUT2D eigenvalue weighted by atomic mass is 32.1. The first kappa shape index (κ1) is 20.6. The summed E-state index contributed by atoms with van der Waals surface area (Å²) < 4.78 is 5.83. The maximum absolute atomic E-state index is 12.7. The number of H-pyrrole nitrogens is 1. The molecule has 4 aromatic rings. The normalized spacial score (nSPS) is 14.4. The Morgan fingerprint density at radius 2 is 2.09 bits per heavy atom. The molecular weight excluding hydrogens is 426 g/mol. The van der Waals surface area contributed by atoms with E-state index in [1.165, 1.54) is 4.88 Å². The Hall–Kier alpha value is -3.27. The standard InChI is InChI=1S/C22H25N7O2S/c1-2-15-13-16-21(23-14-24-22(16)32-15)29-10-8-28(9-11-29)19(30)7-4-12-31-18-6-3-5-17-20(18)26-27-25-17/h3,5-6,13-14H,2,4,7-12H2,1H3,(H,25,26,27). The Balaban J connectivity index is 1.12. The average molecular weight is 452 g/mol. The lowest BCUT2D eigenvalue weighted by Crippen LogP contribution is -2.49. The van der Waals surface area contributed by atoms with Crippen molar-refractivity contribution >= 4 is 44.3 Å². The van der Waals surface area contributed by atoms with Gasteiger partial charge in [-0.1, -0.05) is 18.2 Å². The molecule has 0 atom stereocenters. The van der Waals surface area contributed by atoms with Gasteiger partial charge in [-0.3, -0.25) is 9.89 Å². The zero-order valence-electron chi connectivity index (χ0n) is 18.0. The Kier molecular flexibility index (Phi) is 5.85. The van der Waals surface area contributed by atoms with Gasteiger partial charge in [0.1, 0.15) is 22.7 Å². The molecule has 1 aliphatic heterocycles. The Labute approximate surface area is 189 Å². The van der Waals surface area contributed by atoms with Crippen LogP contribution in [0.3, 0.4) is 0 Å². The van der Waals surface area contributed by atoms with E-state index in [4.69, 9.17) is 4.74 Å². The predicted octanol–water partition coefficient (Wildman–Crippen LogP) is 3.03. The molecule has 3 aromatic heterocycles. The van der Waals surface area contributed by atoms with E-state index >= 15 is 0 Å². The summed E-state index contributed by atoms with van der Waals surface area (Å²) >= 11 is 1.73. The second-order valence-electron chi connectivity index (χ2n) is 7.77. The number of aromatic nitrogens is 5. The third kappa shape index (κ3) is 4.10. The van der Waals surface area contributed by atoms with Crippen molar-refractivity contribution in [1.29, 1.82) is 0 Å². The molecule has 1 saturated heterocycles. The van der Waals surface area contributed by atoms with Crippen LogP contribution in [0, 0.1) is 0 Å². The van der Waals surface area contributed by atoms with Crippen molar-refractivity contribution in [3.05, 3.63) is 35.5 Å². The molecule has 4 heterocycles. The monoisotopic (exact) mass is 451 g/mol. The number of hydrogen-bond donors (Lipinski definition) is 1. The average Bonchev–Trinajstić information content (AvgIpc) is 3.48. The molecular formula is C22H25N7O2S. The van der Waals surface area contributed by atoms with Gasteiger partial charge in [-0.25, -0.2) is 9.97 Å². The Morgan fingerprint density at radius 1 is 1.22 bits per heavy atom. The van der Waals surface area contributed by atoms with Gasteiger partial charge in [-0.05, 0) is 31.0 Å². The van der Waals surface area contributed by atoms with Gasteiger partial charge in [0.05, 0.1) is 17.5 Å². The van der Waals surface area contributed by atoms with Crippen molar-refractivity contribution in [2.75, 3.05) is 37.7 Å². The second kappa shape index (κ2) is 9.07. The van der Waals surface area contributed by atoms with Crippen LogP contribution in [0.25, 0.3) is 21.3 Å². The molecule has 10 heteroatoms. The molecule has 1 aromatic carbocycles. The fraction of sp³-hybridized carbons (Fsp3) is 0.409. The van der Waals surface area contributed by atoms with E-state index < -0.39 is 0 Å². The SMILES string of the molecule is CCc1cc2c(N3CCN(C(=O)CCCOc4cccc5[nH]nnc45)CC3)ncnc2s1. The summed E-state index contributed by atoms with van der Waals surface area (Å²) in [4.78, 5) is 28.2. The van der Waals surface area contributed by atoms with Crippen LogP contribution in [0.5, 0.6) is 5.75 Å². The van der Waals surface area contributed by atoms with Crippen molar-refractivity contribution in [2.24, 2.45) is 0 Å². The number of benzene rings is 1. The van der Waals surface area contributed by atoms with Crippen LogP contribution in [0.4, 0.5) is 5.82 Å². The zero-order chi connectivity index (χ0) is 21.9. The summed E-state index contributed by atoms with van der Waals surface area (Å²) in [5.74, 6) is 1.84. The number of ether oxygens (including phenoxy) is 1. The van der Waals surface area contributed by atoms with Crippen molar-refractivity contribution < 1.29 is 9.53 Å². The molecule has 1 aliphatic rings. The minimum atomic E-state index is 0.171. The zero-order valence-corrected chi connectivity index (χ0v) is 18.8. The molecule has 0 radical (unpaired) electrons. The topological polar surface area (TPSA) is 100 Å². The van der Waals surface area contributed by atoms with Gasteiger partial charge in [0, 0.05) is 37.5 Å². The van der Waals surface area contributed by atoms with Crippen LogP contribution >= 0.6 is 11.3 Å². The van der Waals surface area contributed by atoms with E-state index in [1.807, 2.05) is 23.1 Å². The number of fused-ring (bicyclic) bond motifs is 2. The number of aromatic amines is 1. The third-order valence-corrected chi connectivity index (χ3v) is 6.94. The van der Waals surface area contributed by atoms with Crippen LogP contribution in [-0.4, -0.2) is 69.0 Å². The molecule has 0 spiro atoms. The number of amides is 1. The van der Waals surface area contributed by atoms with E-state index in [9.17, 15) is 4.79 Å². The summed E-state index contributed by atoms with van der Waals surface area (Å²) in [6.45, 7) is 5.58. The Morgan fingerprint density at radius 3 is 2.94 bits per heavy atom. The number of piperazine rings is 1. The molecule has 0 unspecified atom stereocenters. The Bertz CT molecular complexity index is 1230. The number of hydrogen-bond acceptors (Lipinski definition) is 8. The number of aryl methyl sites for hydroxylation is 1. The molecule has 0 saturated carbocycles. The lowest BCUT2D eigenvalue weighted by atomic mass is 10.2. The summed E-state index contributed by atoms with van der Waals surface area (Å²) in [6, 6.07) is 7.87. The summed E-state index contributed by atoms with van der Waals surface area (Å²) in [5, 5.41) is 11.8. The van der Waals surface area contributed by atoms with E-state index in [0.29, 0.717) is 43.8 Å². The smallest absolute Gasteiger partial charge is 0.222 e. The minimum Gasteiger partial charge on any atom is -0.491 e. The van der Waals surface area contributed by atoms with Crippen LogP contribution in [0.15, 0.2) is 30.6 Å². The van der Waals surface area contributed by atoms with Gasteiger partial charge in [0.15, 0.2) is 5.52 Å². The molecule has 1 amide bonds. The summed E-state index contributed by atoms with van der Waals surface area (Å²) in [7, 11) is 0. The first-order valence-corrected chi connectivity index (χ1v) is 11.7. The number of carbonyl (C=O) groups excluding carboxylic acids is 1. The van der Waals surface area contributed by atoms with Crippen LogP contribution in [0.2, 0.25) is 0 Å². The summed E-state index contributed by atoms with van der Waals surface area (Å²) in [5.41, 5.74) is 1.55. The fourth-order valence-corrected chi connectivity index (χ4v) is 4.94. The minimum absolute atomic E-state index is 0.171. The highest BCUT2D eigenvalue weighted by Gasteiger charge is 2.23. The van der Waals surface area contributed by atoms with E-state index in [0.717, 1.165) is 41.1 Å². The third-order valence-electron chi connectivity index (χ3n) is 5.75. The van der Waals surface area contributed by atoms with Gasteiger partial charge in [0.2, 0.25) is 5.91 Å². The highest BCUT2D eigenvalue weighted by molar-refractivity contribution is 7.18. The molecule has 1 N–H and O–H groups in total. The summed E-state index contributed by atoms with van der Waals surface area (Å²) in [6.07, 6.45) is 3.77. The number of nitrogens with zero attached hydrogens (tertiary/aromatic N) is 6. The van der Waals surface area contributed by atoms with Gasteiger partial charge in [-0.15, -0.1) is 16.4 Å². The maximum atomic E-state index is 12.7. The molecule has 166 valence electrons. The first-order valence-electron chi connectivity index (χ1n) is 10.9. The molecule has 5 rings (SSSR count). The highest BCUT2D eigenvalue weighted by Crippen LogP contribution is 2.31. The van der Waals surface area contributed by atoms with Crippen LogP contribution in [-0.2, 0) is 11.2 Å². The number of carbonyl (C=O) groups is 1. The lowest BCUT2D eigenvalue weighted by molar-refractivity contribution is -0.131. The quantitative estimate of drug-likeness (QED) is 0.431.